The normalized spacial score (nSPS) is 18.6. The largest absolute Gasteiger partial charge is 0.334 e. The van der Waals surface area contributed by atoms with Gasteiger partial charge in [-0.2, -0.15) is 0 Å². The number of halogens is 1. The number of hydrogen-bond acceptors (Lipinski definition) is 4. The Hall–Kier alpha value is -1.50. The molecule has 138 valence electrons. The summed E-state index contributed by atoms with van der Waals surface area (Å²) in [4.78, 5) is 15.5. The Morgan fingerprint density at radius 3 is 2.46 bits per heavy atom. The number of nitrogens with zero attached hydrogens (tertiary/aromatic N) is 1. The average Bonchev–Trinajstić information content (AvgIpc) is 2.99. The summed E-state index contributed by atoms with van der Waals surface area (Å²) in [6, 6.07) is 16.8. The molecule has 0 aliphatic carbocycles. The molecule has 0 aromatic heterocycles. The highest BCUT2D eigenvalue weighted by atomic mass is 35.5. The van der Waals surface area contributed by atoms with Crippen LogP contribution < -0.4 is 0 Å². The second-order valence-electron chi connectivity index (χ2n) is 6.28. The molecule has 3 rings (SSSR count). The number of carbonyl (C=O) groups excluding carboxylic acids is 1. The van der Waals surface area contributed by atoms with Crippen LogP contribution in [0.4, 0.5) is 0 Å². The highest BCUT2D eigenvalue weighted by Crippen LogP contribution is 2.28. The molecule has 1 unspecified atom stereocenters. The molecule has 7 heteroatoms. The zero-order chi connectivity index (χ0) is 18.6. The smallest absolute Gasteiger partial charge is 0.233 e. The summed E-state index contributed by atoms with van der Waals surface area (Å²) in [5.41, 5.74) is 0.993. The zero-order valence-electron chi connectivity index (χ0n) is 14.2. The Morgan fingerprint density at radius 1 is 1.12 bits per heavy atom. The Bertz CT molecular complexity index is 871. The van der Waals surface area contributed by atoms with E-state index >= 15 is 0 Å². The van der Waals surface area contributed by atoms with Crippen LogP contribution in [0.15, 0.2) is 59.5 Å². The Labute approximate surface area is 163 Å². The lowest BCUT2D eigenvalue weighted by Crippen LogP contribution is -2.41. The van der Waals surface area contributed by atoms with Gasteiger partial charge < -0.3 is 4.90 Å². The van der Waals surface area contributed by atoms with Gasteiger partial charge in [-0.1, -0.05) is 54.1 Å². The van der Waals surface area contributed by atoms with E-state index in [9.17, 15) is 13.2 Å². The fraction of sp³-hybridized carbons (Fsp3) is 0.316. The van der Waals surface area contributed by atoms with Crippen LogP contribution in [0.1, 0.15) is 12.0 Å². The third-order valence-corrected chi connectivity index (χ3v) is 7.60. The maximum Gasteiger partial charge on any atom is 0.233 e. The van der Waals surface area contributed by atoms with E-state index in [0.717, 1.165) is 10.5 Å². The molecule has 2 aromatic carbocycles. The van der Waals surface area contributed by atoms with Crippen molar-refractivity contribution in [2.45, 2.75) is 23.9 Å². The van der Waals surface area contributed by atoms with Crippen LogP contribution in [0.5, 0.6) is 0 Å². The van der Waals surface area contributed by atoms with Gasteiger partial charge in [0, 0.05) is 17.5 Å². The van der Waals surface area contributed by atoms with Gasteiger partial charge in [0.2, 0.25) is 5.91 Å². The summed E-state index contributed by atoms with van der Waals surface area (Å²) in [7, 11) is -3.06. The minimum absolute atomic E-state index is 0.0440. The van der Waals surface area contributed by atoms with E-state index < -0.39 is 9.84 Å². The Kier molecular flexibility index (Phi) is 6.27. The van der Waals surface area contributed by atoms with E-state index in [1.54, 1.807) is 11.0 Å². The molecule has 1 atom stereocenters. The molecule has 1 heterocycles. The van der Waals surface area contributed by atoms with Gasteiger partial charge in [-0.25, -0.2) is 8.42 Å². The first-order chi connectivity index (χ1) is 12.4. The summed E-state index contributed by atoms with van der Waals surface area (Å²) >= 11 is 7.54. The minimum Gasteiger partial charge on any atom is -0.334 e. The van der Waals surface area contributed by atoms with E-state index in [1.807, 2.05) is 48.5 Å². The maximum atomic E-state index is 12.9. The number of benzene rings is 2. The number of rotatable bonds is 6. The number of thioether (sulfide) groups is 1. The van der Waals surface area contributed by atoms with E-state index in [1.165, 1.54) is 11.8 Å². The molecule has 1 saturated heterocycles. The number of carbonyl (C=O) groups is 1. The second kappa shape index (κ2) is 8.46. The van der Waals surface area contributed by atoms with Crippen LogP contribution in [0.3, 0.4) is 0 Å². The van der Waals surface area contributed by atoms with E-state index in [-0.39, 0.29) is 29.2 Å². The molecular formula is C19H20ClNO3S2. The van der Waals surface area contributed by atoms with Crippen molar-refractivity contribution in [2.75, 3.05) is 17.3 Å². The first kappa shape index (κ1) is 19.3. The number of sulfone groups is 1. The summed E-state index contributed by atoms with van der Waals surface area (Å²) < 4.78 is 23.8. The van der Waals surface area contributed by atoms with Gasteiger partial charge in [0.05, 0.1) is 22.3 Å². The lowest BCUT2D eigenvalue weighted by atomic mass is 10.1. The lowest BCUT2D eigenvalue weighted by molar-refractivity contribution is -0.130. The van der Waals surface area contributed by atoms with Gasteiger partial charge >= 0.3 is 0 Å². The van der Waals surface area contributed by atoms with Crippen LogP contribution in [0.2, 0.25) is 5.02 Å². The van der Waals surface area contributed by atoms with Crippen molar-refractivity contribution in [2.24, 2.45) is 0 Å². The second-order valence-corrected chi connectivity index (χ2v) is 9.94. The average molecular weight is 410 g/mol. The van der Waals surface area contributed by atoms with Gasteiger partial charge in [-0.05, 0) is 24.1 Å². The summed E-state index contributed by atoms with van der Waals surface area (Å²) in [5, 5.41) is 0.614. The fourth-order valence-corrected chi connectivity index (χ4v) is 5.86. The monoisotopic (exact) mass is 409 g/mol. The van der Waals surface area contributed by atoms with Crippen molar-refractivity contribution in [3.63, 3.8) is 0 Å². The van der Waals surface area contributed by atoms with Crippen LogP contribution in [-0.2, 0) is 21.2 Å². The first-order valence-electron chi connectivity index (χ1n) is 8.36. The van der Waals surface area contributed by atoms with Crippen molar-refractivity contribution in [1.29, 1.82) is 0 Å². The van der Waals surface area contributed by atoms with E-state index in [4.69, 9.17) is 11.6 Å². The van der Waals surface area contributed by atoms with E-state index in [2.05, 4.69) is 0 Å². The Balaban J connectivity index is 1.74. The van der Waals surface area contributed by atoms with Crippen LogP contribution >= 0.6 is 23.4 Å². The van der Waals surface area contributed by atoms with Gasteiger partial charge in [-0.3, -0.25) is 4.79 Å². The SMILES string of the molecule is O=C(CSc1ccccc1Cl)N(Cc1ccccc1)C1CCS(=O)(=O)C1. The molecule has 4 nitrogen and oxygen atoms in total. The number of hydrogen-bond donors (Lipinski definition) is 0. The molecule has 1 amide bonds. The van der Waals surface area contributed by atoms with Crippen molar-refractivity contribution >= 4 is 39.1 Å². The van der Waals surface area contributed by atoms with Gasteiger partial charge in [0.15, 0.2) is 9.84 Å². The quantitative estimate of drug-likeness (QED) is 0.683. The topological polar surface area (TPSA) is 54.5 Å². The molecule has 0 spiro atoms. The maximum absolute atomic E-state index is 12.9. The highest BCUT2D eigenvalue weighted by molar-refractivity contribution is 8.00. The molecule has 26 heavy (non-hydrogen) atoms. The summed E-state index contributed by atoms with van der Waals surface area (Å²) in [6.45, 7) is 0.420. The predicted octanol–water partition coefficient (Wildman–Crippen LogP) is 3.65. The third kappa shape index (κ3) is 5.02. The van der Waals surface area contributed by atoms with Crippen molar-refractivity contribution in [1.82, 2.24) is 4.90 Å². The van der Waals surface area contributed by atoms with Gasteiger partial charge in [0.1, 0.15) is 0 Å². The minimum atomic E-state index is -3.06. The standard InChI is InChI=1S/C19H20ClNO3S2/c20-17-8-4-5-9-18(17)25-13-19(22)21(12-15-6-2-1-3-7-15)16-10-11-26(23,24)14-16/h1-9,16H,10-14H2. The van der Waals surface area contributed by atoms with Crippen LogP contribution in [0.25, 0.3) is 0 Å². The summed E-state index contributed by atoms with van der Waals surface area (Å²) in [6.07, 6.45) is 0.498. The molecule has 2 aromatic rings. The van der Waals surface area contributed by atoms with Crippen molar-refractivity contribution < 1.29 is 13.2 Å². The van der Waals surface area contributed by atoms with Crippen LogP contribution in [0, 0.1) is 0 Å². The third-order valence-electron chi connectivity index (χ3n) is 4.35. The molecule has 0 N–H and O–H groups in total. The zero-order valence-corrected chi connectivity index (χ0v) is 16.6. The van der Waals surface area contributed by atoms with Gasteiger partial charge in [0.25, 0.3) is 0 Å². The van der Waals surface area contributed by atoms with Crippen molar-refractivity contribution in [3.05, 3.63) is 65.2 Å². The number of amides is 1. The summed E-state index contributed by atoms with van der Waals surface area (Å²) in [5.74, 6) is 0.351. The Morgan fingerprint density at radius 2 is 1.81 bits per heavy atom. The first-order valence-corrected chi connectivity index (χ1v) is 11.5. The molecule has 0 bridgehead atoms. The molecule has 1 fully saturated rings. The highest BCUT2D eigenvalue weighted by Gasteiger charge is 2.34. The fourth-order valence-electron chi connectivity index (χ4n) is 3.01. The van der Waals surface area contributed by atoms with Crippen molar-refractivity contribution in [3.8, 4) is 0 Å². The molecule has 0 radical (unpaired) electrons. The molecule has 1 aliphatic rings. The lowest BCUT2D eigenvalue weighted by Gasteiger charge is -2.28. The van der Waals surface area contributed by atoms with Gasteiger partial charge in [-0.15, -0.1) is 11.8 Å². The molecule has 1 aliphatic heterocycles. The molecule has 0 saturated carbocycles. The molecular weight excluding hydrogens is 390 g/mol. The van der Waals surface area contributed by atoms with E-state index in [0.29, 0.717) is 18.0 Å². The van der Waals surface area contributed by atoms with Crippen LogP contribution in [-0.4, -0.2) is 42.5 Å². The predicted molar refractivity (Wildman–Crippen MR) is 106 cm³/mol.